The van der Waals surface area contributed by atoms with Crippen molar-refractivity contribution in [2.24, 2.45) is 0 Å². The second-order valence-electron chi connectivity index (χ2n) is 3.95. The summed E-state index contributed by atoms with van der Waals surface area (Å²) in [7, 11) is 0. The highest BCUT2D eigenvalue weighted by molar-refractivity contribution is 7.11. The molecular formula is C11H15NO4S. The number of aromatic nitrogens is 1. The number of carbonyl (C=O) groups is 1. The number of thiazole rings is 1. The minimum absolute atomic E-state index is 0.109. The maximum atomic E-state index is 10.6. The van der Waals surface area contributed by atoms with Crippen LogP contribution < -0.4 is 0 Å². The van der Waals surface area contributed by atoms with Crippen LogP contribution in [0.25, 0.3) is 0 Å². The highest BCUT2D eigenvalue weighted by Gasteiger charge is 2.14. The van der Waals surface area contributed by atoms with E-state index in [4.69, 9.17) is 14.6 Å². The third kappa shape index (κ3) is 3.76. The zero-order valence-electron chi connectivity index (χ0n) is 9.42. The van der Waals surface area contributed by atoms with Crippen molar-refractivity contribution in [2.45, 2.75) is 32.0 Å². The second kappa shape index (κ2) is 6.09. The summed E-state index contributed by atoms with van der Waals surface area (Å²) in [5.41, 5.74) is 0.670. The first kappa shape index (κ1) is 12.5. The van der Waals surface area contributed by atoms with Gasteiger partial charge in [0.1, 0.15) is 0 Å². The maximum absolute atomic E-state index is 10.6. The number of nitrogens with zero attached hydrogens (tertiary/aromatic N) is 1. The molecule has 0 radical (unpaired) electrons. The highest BCUT2D eigenvalue weighted by atomic mass is 32.1. The van der Waals surface area contributed by atoms with Gasteiger partial charge in [-0.15, -0.1) is 11.3 Å². The molecular weight excluding hydrogens is 242 g/mol. The fraction of sp³-hybridized carbons (Fsp3) is 0.636. The van der Waals surface area contributed by atoms with Crippen molar-refractivity contribution in [1.82, 2.24) is 4.98 Å². The van der Waals surface area contributed by atoms with Gasteiger partial charge in [-0.2, -0.15) is 0 Å². The van der Waals surface area contributed by atoms with E-state index in [0.29, 0.717) is 18.9 Å². The van der Waals surface area contributed by atoms with Crippen LogP contribution in [0.3, 0.4) is 0 Å². The van der Waals surface area contributed by atoms with Crippen LogP contribution in [0.15, 0.2) is 5.38 Å². The van der Waals surface area contributed by atoms with E-state index in [9.17, 15) is 4.79 Å². The molecule has 0 spiro atoms. The average Bonchev–Trinajstić information content (AvgIpc) is 2.79. The summed E-state index contributed by atoms with van der Waals surface area (Å²) in [6, 6.07) is 0. The lowest BCUT2D eigenvalue weighted by atomic mass is 10.1. The molecule has 1 aromatic heterocycles. The third-order valence-electron chi connectivity index (χ3n) is 2.56. The molecule has 1 saturated heterocycles. The van der Waals surface area contributed by atoms with Gasteiger partial charge in [-0.05, 0) is 19.3 Å². The molecule has 1 aromatic rings. The number of carboxylic acid groups (broad SMARTS) is 1. The van der Waals surface area contributed by atoms with Crippen LogP contribution in [0, 0.1) is 0 Å². The molecule has 1 aliphatic rings. The zero-order valence-corrected chi connectivity index (χ0v) is 10.2. The van der Waals surface area contributed by atoms with Crippen LogP contribution in [0.5, 0.6) is 0 Å². The number of aromatic carboxylic acids is 1. The van der Waals surface area contributed by atoms with Crippen LogP contribution >= 0.6 is 11.3 Å². The summed E-state index contributed by atoms with van der Waals surface area (Å²) >= 11 is 1.12. The molecule has 5 nitrogen and oxygen atoms in total. The van der Waals surface area contributed by atoms with Gasteiger partial charge < -0.3 is 14.6 Å². The highest BCUT2D eigenvalue weighted by Crippen LogP contribution is 2.14. The smallest absolute Gasteiger partial charge is 0.365 e. The number of hydrogen-bond donors (Lipinski definition) is 1. The molecule has 1 fully saturated rings. The van der Waals surface area contributed by atoms with Gasteiger partial charge in [-0.25, -0.2) is 9.78 Å². The Hall–Kier alpha value is -0.980. The van der Waals surface area contributed by atoms with E-state index in [2.05, 4.69) is 4.98 Å². The van der Waals surface area contributed by atoms with Crippen molar-refractivity contribution in [3.63, 3.8) is 0 Å². The van der Waals surface area contributed by atoms with Gasteiger partial charge in [0.25, 0.3) is 0 Å². The summed E-state index contributed by atoms with van der Waals surface area (Å²) in [4.78, 5) is 14.6. The van der Waals surface area contributed by atoms with Crippen molar-refractivity contribution < 1.29 is 19.4 Å². The van der Waals surface area contributed by atoms with Crippen LogP contribution in [0.2, 0.25) is 0 Å². The molecule has 0 amide bonds. The third-order valence-corrected chi connectivity index (χ3v) is 3.44. The normalized spacial score (nSPS) is 20.4. The van der Waals surface area contributed by atoms with Gasteiger partial charge in [0.05, 0.1) is 25.0 Å². The Bertz CT molecular complexity index is 373. The van der Waals surface area contributed by atoms with E-state index in [0.717, 1.165) is 30.8 Å². The first-order valence-electron chi connectivity index (χ1n) is 5.63. The molecule has 17 heavy (non-hydrogen) atoms. The van der Waals surface area contributed by atoms with E-state index in [1.165, 1.54) is 6.42 Å². The monoisotopic (exact) mass is 257 g/mol. The van der Waals surface area contributed by atoms with Crippen molar-refractivity contribution in [1.29, 1.82) is 0 Å². The molecule has 0 aromatic carbocycles. The standard InChI is InChI=1S/C11H15NO4S/c13-11(14)10-12-8(7-17-10)5-15-6-9-3-1-2-4-16-9/h7,9H,1-6H2,(H,13,14). The Morgan fingerprint density at radius 3 is 3.18 bits per heavy atom. The molecule has 1 N–H and O–H groups in total. The van der Waals surface area contributed by atoms with Crippen molar-refractivity contribution in [3.05, 3.63) is 16.1 Å². The van der Waals surface area contributed by atoms with Crippen LogP contribution in [0.1, 0.15) is 34.8 Å². The Labute approximate surface area is 103 Å². The number of rotatable bonds is 5. The topological polar surface area (TPSA) is 68.7 Å². The molecule has 0 saturated carbocycles. The van der Waals surface area contributed by atoms with Crippen LogP contribution in [-0.2, 0) is 16.1 Å². The maximum Gasteiger partial charge on any atom is 0.365 e. The van der Waals surface area contributed by atoms with Gasteiger partial charge >= 0.3 is 5.97 Å². The quantitative estimate of drug-likeness (QED) is 0.872. The van der Waals surface area contributed by atoms with E-state index in [1.807, 2.05) is 0 Å². The summed E-state index contributed by atoms with van der Waals surface area (Å²) in [5.74, 6) is -0.989. The van der Waals surface area contributed by atoms with Gasteiger partial charge in [-0.3, -0.25) is 0 Å². The van der Waals surface area contributed by atoms with Gasteiger partial charge in [0, 0.05) is 12.0 Å². The second-order valence-corrected chi connectivity index (χ2v) is 4.81. The number of hydrogen-bond acceptors (Lipinski definition) is 5. The molecule has 6 heteroatoms. The van der Waals surface area contributed by atoms with Crippen molar-refractivity contribution >= 4 is 17.3 Å². The summed E-state index contributed by atoms with van der Waals surface area (Å²) in [6.07, 6.45) is 3.54. The molecule has 94 valence electrons. The lowest BCUT2D eigenvalue weighted by Gasteiger charge is -2.22. The van der Waals surface area contributed by atoms with E-state index in [-0.39, 0.29) is 11.1 Å². The molecule has 1 atom stereocenters. The largest absolute Gasteiger partial charge is 0.476 e. The predicted molar refractivity (Wildman–Crippen MR) is 62.3 cm³/mol. The van der Waals surface area contributed by atoms with E-state index < -0.39 is 5.97 Å². The van der Waals surface area contributed by atoms with Gasteiger partial charge in [-0.1, -0.05) is 0 Å². The Morgan fingerprint density at radius 1 is 1.65 bits per heavy atom. The van der Waals surface area contributed by atoms with Crippen LogP contribution in [0.4, 0.5) is 0 Å². The predicted octanol–water partition coefficient (Wildman–Crippen LogP) is 1.93. The summed E-state index contributed by atoms with van der Waals surface area (Å²) < 4.78 is 11.0. The molecule has 1 aliphatic heterocycles. The van der Waals surface area contributed by atoms with E-state index in [1.54, 1.807) is 5.38 Å². The lowest BCUT2D eigenvalue weighted by Crippen LogP contribution is -2.24. The molecule has 2 rings (SSSR count). The molecule has 1 unspecified atom stereocenters. The SMILES string of the molecule is O=C(O)c1nc(COCC2CCCCO2)cs1. The first-order valence-corrected chi connectivity index (χ1v) is 6.50. The average molecular weight is 257 g/mol. The Kier molecular flexibility index (Phi) is 4.47. The van der Waals surface area contributed by atoms with Crippen LogP contribution in [-0.4, -0.2) is 35.4 Å². The fourth-order valence-corrected chi connectivity index (χ4v) is 2.34. The zero-order chi connectivity index (χ0) is 12.1. The molecule has 0 aliphatic carbocycles. The van der Waals surface area contributed by atoms with Crippen molar-refractivity contribution in [2.75, 3.05) is 13.2 Å². The first-order chi connectivity index (χ1) is 8.25. The Balaban J connectivity index is 1.71. The fourth-order valence-electron chi connectivity index (χ4n) is 1.71. The van der Waals surface area contributed by atoms with Gasteiger partial charge in [0.15, 0.2) is 0 Å². The molecule has 0 bridgehead atoms. The summed E-state index contributed by atoms with van der Waals surface area (Å²) in [5, 5.41) is 10.5. The van der Waals surface area contributed by atoms with E-state index >= 15 is 0 Å². The minimum Gasteiger partial charge on any atom is -0.476 e. The number of carboxylic acids is 1. The number of ether oxygens (including phenoxy) is 2. The van der Waals surface area contributed by atoms with Crippen molar-refractivity contribution in [3.8, 4) is 0 Å². The minimum atomic E-state index is -0.989. The van der Waals surface area contributed by atoms with Gasteiger partial charge in [0.2, 0.25) is 5.01 Å². The molecule has 2 heterocycles. The Morgan fingerprint density at radius 2 is 2.53 bits per heavy atom. The lowest BCUT2D eigenvalue weighted by molar-refractivity contribution is -0.0452. The summed E-state index contributed by atoms with van der Waals surface area (Å²) in [6.45, 7) is 1.72.